The zero-order chi connectivity index (χ0) is 17.6. The van der Waals surface area contributed by atoms with E-state index in [2.05, 4.69) is 10.6 Å². The number of hydrogen-bond donors (Lipinski definition) is 2. The number of carbonyl (C=O) groups excluding carboxylic acids is 1. The summed E-state index contributed by atoms with van der Waals surface area (Å²) in [6.07, 6.45) is 2.12. The highest BCUT2D eigenvalue weighted by Gasteiger charge is 2.29. The number of amides is 1. The molecule has 3 atom stereocenters. The van der Waals surface area contributed by atoms with Crippen LogP contribution in [0, 0.1) is 11.7 Å². The summed E-state index contributed by atoms with van der Waals surface area (Å²) in [5, 5.41) is 6.36. The molecule has 2 N–H and O–H groups in total. The minimum atomic E-state index is -0.460. The Kier molecular flexibility index (Phi) is 6.64. The molecule has 0 bridgehead atoms. The third-order valence-corrected chi connectivity index (χ3v) is 5.00. The van der Waals surface area contributed by atoms with Gasteiger partial charge in [-0.25, -0.2) is 4.39 Å². The van der Waals surface area contributed by atoms with Crippen molar-refractivity contribution in [3.63, 3.8) is 0 Å². The van der Waals surface area contributed by atoms with E-state index in [9.17, 15) is 9.18 Å². The topological polar surface area (TPSA) is 59.6 Å². The largest absolute Gasteiger partial charge is 0.372 e. The number of ether oxygens (including phenoxy) is 2. The standard InChI is InChI=1S/C18H24ClFN2O3/c19-14-5-4-12(9-15(14)20)17-13(10-21-6-8-25-17)11-22-18(23)16-3-1-2-7-24-16/h4-5,9,13,16-17,21H,1-3,6-8,10-11H2,(H,22,23). The van der Waals surface area contributed by atoms with Gasteiger partial charge in [0.15, 0.2) is 0 Å². The fraction of sp³-hybridized carbons (Fsp3) is 0.611. The summed E-state index contributed by atoms with van der Waals surface area (Å²) in [6, 6.07) is 4.73. The van der Waals surface area contributed by atoms with Crippen LogP contribution in [0.25, 0.3) is 0 Å². The molecule has 0 aliphatic carbocycles. The third-order valence-electron chi connectivity index (χ3n) is 4.69. The van der Waals surface area contributed by atoms with Gasteiger partial charge in [0.1, 0.15) is 11.9 Å². The summed E-state index contributed by atoms with van der Waals surface area (Å²) in [6.45, 7) is 3.02. The average molecular weight is 371 g/mol. The molecule has 2 saturated heterocycles. The molecule has 0 spiro atoms. The lowest BCUT2D eigenvalue weighted by Gasteiger charge is -2.27. The first-order chi connectivity index (χ1) is 12.1. The number of rotatable bonds is 4. The van der Waals surface area contributed by atoms with Gasteiger partial charge in [0.2, 0.25) is 5.91 Å². The normalized spacial score (nSPS) is 27.5. The van der Waals surface area contributed by atoms with Crippen LogP contribution >= 0.6 is 11.6 Å². The van der Waals surface area contributed by atoms with Crippen molar-refractivity contribution in [2.45, 2.75) is 31.5 Å². The van der Waals surface area contributed by atoms with Crippen LogP contribution in [0.5, 0.6) is 0 Å². The van der Waals surface area contributed by atoms with Gasteiger partial charge in [-0.05, 0) is 37.0 Å². The molecular formula is C18H24ClFN2O3. The van der Waals surface area contributed by atoms with Gasteiger partial charge in [0, 0.05) is 32.2 Å². The lowest BCUT2D eigenvalue weighted by molar-refractivity contribution is -0.135. The van der Waals surface area contributed by atoms with Crippen molar-refractivity contribution < 1.29 is 18.7 Å². The summed E-state index contributed by atoms with van der Waals surface area (Å²) in [5.41, 5.74) is 0.735. The van der Waals surface area contributed by atoms with Crippen LogP contribution in [0.15, 0.2) is 18.2 Å². The molecule has 1 aromatic carbocycles. The van der Waals surface area contributed by atoms with Crippen LogP contribution in [-0.4, -0.2) is 44.9 Å². The van der Waals surface area contributed by atoms with E-state index >= 15 is 0 Å². The van der Waals surface area contributed by atoms with Crippen molar-refractivity contribution >= 4 is 17.5 Å². The predicted octanol–water partition coefficient (Wildman–Crippen LogP) is 2.44. The van der Waals surface area contributed by atoms with E-state index in [-0.39, 0.29) is 29.1 Å². The van der Waals surface area contributed by atoms with Gasteiger partial charge in [0.05, 0.1) is 17.7 Å². The number of carbonyl (C=O) groups is 1. The molecule has 138 valence electrons. The second kappa shape index (κ2) is 8.94. The van der Waals surface area contributed by atoms with Crippen molar-refractivity contribution in [3.8, 4) is 0 Å². The summed E-state index contributed by atoms with van der Waals surface area (Å²) in [5.74, 6) is -0.543. The Balaban J connectivity index is 1.65. The first-order valence-corrected chi connectivity index (χ1v) is 9.19. The Labute approximate surface area is 152 Å². The Morgan fingerprint density at radius 1 is 1.32 bits per heavy atom. The average Bonchev–Trinajstić information content (AvgIpc) is 2.88. The minimum Gasteiger partial charge on any atom is -0.372 e. The van der Waals surface area contributed by atoms with Crippen LogP contribution in [0.3, 0.4) is 0 Å². The number of halogens is 2. The van der Waals surface area contributed by atoms with Crippen molar-refractivity contribution in [2.75, 3.05) is 32.8 Å². The van der Waals surface area contributed by atoms with Gasteiger partial charge < -0.3 is 20.1 Å². The van der Waals surface area contributed by atoms with E-state index in [1.807, 2.05) is 0 Å². The molecule has 1 amide bonds. The van der Waals surface area contributed by atoms with Crippen LogP contribution in [0.4, 0.5) is 4.39 Å². The number of nitrogens with one attached hydrogen (secondary N) is 2. The molecular weight excluding hydrogens is 347 g/mol. The maximum Gasteiger partial charge on any atom is 0.249 e. The van der Waals surface area contributed by atoms with Crippen molar-refractivity contribution in [1.29, 1.82) is 0 Å². The van der Waals surface area contributed by atoms with E-state index < -0.39 is 5.82 Å². The van der Waals surface area contributed by atoms with Gasteiger partial charge in [-0.2, -0.15) is 0 Å². The monoisotopic (exact) mass is 370 g/mol. The highest BCUT2D eigenvalue weighted by atomic mass is 35.5. The second-order valence-corrected chi connectivity index (χ2v) is 6.94. The maximum atomic E-state index is 13.8. The number of benzene rings is 1. The maximum absolute atomic E-state index is 13.8. The molecule has 3 rings (SSSR count). The van der Waals surface area contributed by atoms with E-state index in [4.69, 9.17) is 21.1 Å². The molecule has 0 aromatic heterocycles. The highest BCUT2D eigenvalue weighted by molar-refractivity contribution is 6.30. The van der Waals surface area contributed by atoms with Gasteiger partial charge in [-0.3, -0.25) is 4.79 Å². The molecule has 2 aliphatic rings. The summed E-state index contributed by atoms with van der Waals surface area (Å²) in [4.78, 5) is 12.3. The van der Waals surface area contributed by atoms with Gasteiger partial charge in [-0.15, -0.1) is 0 Å². The Bertz CT molecular complexity index is 596. The summed E-state index contributed by atoms with van der Waals surface area (Å²) in [7, 11) is 0. The van der Waals surface area contributed by atoms with Crippen molar-refractivity contribution in [2.24, 2.45) is 5.92 Å². The summed E-state index contributed by atoms with van der Waals surface area (Å²) < 4.78 is 25.3. The van der Waals surface area contributed by atoms with Crippen LogP contribution in [-0.2, 0) is 14.3 Å². The molecule has 2 aliphatic heterocycles. The van der Waals surface area contributed by atoms with E-state index in [1.54, 1.807) is 12.1 Å². The van der Waals surface area contributed by atoms with E-state index in [0.717, 1.165) is 31.4 Å². The SMILES string of the molecule is O=C(NCC1CNCCOC1c1ccc(Cl)c(F)c1)C1CCCCO1. The molecule has 2 heterocycles. The minimum absolute atomic E-state index is 0.00406. The van der Waals surface area contributed by atoms with Crippen LogP contribution < -0.4 is 10.6 Å². The van der Waals surface area contributed by atoms with Crippen LogP contribution in [0.2, 0.25) is 5.02 Å². The van der Waals surface area contributed by atoms with E-state index in [1.165, 1.54) is 6.07 Å². The smallest absolute Gasteiger partial charge is 0.249 e. The second-order valence-electron chi connectivity index (χ2n) is 6.53. The first-order valence-electron chi connectivity index (χ1n) is 8.81. The van der Waals surface area contributed by atoms with Crippen LogP contribution in [0.1, 0.15) is 30.9 Å². The molecule has 0 saturated carbocycles. The molecule has 1 aromatic rings. The zero-order valence-electron chi connectivity index (χ0n) is 14.1. The quantitative estimate of drug-likeness (QED) is 0.854. The fourth-order valence-electron chi connectivity index (χ4n) is 3.32. The van der Waals surface area contributed by atoms with Crippen molar-refractivity contribution in [1.82, 2.24) is 10.6 Å². The molecule has 25 heavy (non-hydrogen) atoms. The summed E-state index contributed by atoms with van der Waals surface area (Å²) >= 11 is 5.78. The Morgan fingerprint density at radius 3 is 2.96 bits per heavy atom. The Hall–Kier alpha value is -1.21. The lowest BCUT2D eigenvalue weighted by atomic mass is 9.95. The predicted molar refractivity (Wildman–Crippen MR) is 93.1 cm³/mol. The lowest BCUT2D eigenvalue weighted by Crippen LogP contribution is -2.43. The third kappa shape index (κ3) is 4.91. The van der Waals surface area contributed by atoms with E-state index in [0.29, 0.717) is 26.3 Å². The molecule has 2 fully saturated rings. The highest BCUT2D eigenvalue weighted by Crippen LogP contribution is 2.29. The first kappa shape index (κ1) is 18.6. The van der Waals surface area contributed by atoms with Gasteiger partial charge >= 0.3 is 0 Å². The fourth-order valence-corrected chi connectivity index (χ4v) is 3.44. The van der Waals surface area contributed by atoms with Gasteiger partial charge in [0.25, 0.3) is 0 Å². The molecule has 7 heteroatoms. The molecule has 0 radical (unpaired) electrons. The Morgan fingerprint density at radius 2 is 2.20 bits per heavy atom. The number of hydrogen-bond acceptors (Lipinski definition) is 4. The van der Waals surface area contributed by atoms with Gasteiger partial charge in [-0.1, -0.05) is 17.7 Å². The molecule has 5 nitrogen and oxygen atoms in total. The van der Waals surface area contributed by atoms with Crippen molar-refractivity contribution in [3.05, 3.63) is 34.6 Å². The molecule has 3 unspecified atom stereocenters. The zero-order valence-corrected chi connectivity index (χ0v) is 14.9.